The molecule has 0 aliphatic rings. The Hall–Kier alpha value is -2.91. The fourth-order valence-electron chi connectivity index (χ4n) is 1.90. The van der Waals surface area contributed by atoms with Crippen LogP contribution in [0.1, 0.15) is 53.4 Å². The first-order chi connectivity index (χ1) is 14.5. The van der Waals surface area contributed by atoms with E-state index in [-0.39, 0.29) is 37.1 Å². The molecular formula is C21H32O10. The monoisotopic (exact) mass is 444 g/mol. The average Bonchev–Trinajstić information content (AvgIpc) is 2.71. The minimum absolute atomic E-state index is 0.103. The highest BCUT2D eigenvalue weighted by Gasteiger charge is 2.20. The Morgan fingerprint density at radius 2 is 1.35 bits per heavy atom. The van der Waals surface area contributed by atoms with Crippen molar-refractivity contribution in [2.75, 3.05) is 26.4 Å². The molecule has 10 heteroatoms. The number of ether oxygens (including phenoxy) is 5. The standard InChI is InChI=1S/C21H32O10/c1-14(2)19(24)27-10-8-6-7-9-17(22)30-13-18(23)31-16(5)21(26)29-12-11-28-20(25)15(3)4/h14,16H,3,6-13H2,1-2,4-5H3. The van der Waals surface area contributed by atoms with Crippen molar-refractivity contribution < 1.29 is 47.7 Å². The van der Waals surface area contributed by atoms with Crippen LogP contribution < -0.4 is 0 Å². The van der Waals surface area contributed by atoms with Crippen LogP contribution in [0.3, 0.4) is 0 Å². The molecule has 0 aromatic carbocycles. The maximum Gasteiger partial charge on any atom is 0.347 e. The summed E-state index contributed by atoms with van der Waals surface area (Å²) in [5.74, 6) is -3.35. The first-order valence-corrected chi connectivity index (χ1v) is 10.1. The zero-order valence-corrected chi connectivity index (χ0v) is 18.6. The van der Waals surface area contributed by atoms with Crippen LogP contribution in [0.5, 0.6) is 0 Å². The normalized spacial score (nSPS) is 11.3. The van der Waals surface area contributed by atoms with E-state index in [0.717, 1.165) is 0 Å². The molecule has 0 aliphatic carbocycles. The summed E-state index contributed by atoms with van der Waals surface area (Å²) in [6.45, 7) is 8.99. The van der Waals surface area contributed by atoms with Crippen molar-refractivity contribution in [3.05, 3.63) is 12.2 Å². The maximum atomic E-state index is 11.7. The largest absolute Gasteiger partial charge is 0.465 e. The molecule has 0 radical (unpaired) electrons. The molecule has 10 nitrogen and oxygen atoms in total. The SMILES string of the molecule is C=C(C)C(=O)OCCOC(=O)C(C)OC(=O)COC(=O)CCCCCOC(=O)C(C)C. The zero-order valence-electron chi connectivity index (χ0n) is 18.6. The molecule has 0 aromatic heterocycles. The van der Waals surface area contributed by atoms with Crippen LogP contribution in [0, 0.1) is 5.92 Å². The van der Waals surface area contributed by atoms with Crippen LogP contribution in [0.2, 0.25) is 0 Å². The first-order valence-electron chi connectivity index (χ1n) is 10.1. The molecule has 0 N–H and O–H groups in total. The lowest BCUT2D eigenvalue weighted by Crippen LogP contribution is -2.29. The Morgan fingerprint density at radius 1 is 0.742 bits per heavy atom. The minimum atomic E-state index is -1.21. The molecule has 0 rings (SSSR count). The molecule has 1 unspecified atom stereocenters. The summed E-state index contributed by atoms with van der Waals surface area (Å²) in [7, 11) is 0. The lowest BCUT2D eigenvalue weighted by Gasteiger charge is -2.13. The zero-order chi connectivity index (χ0) is 23.8. The fraction of sp³-hybridized carbons (Fsp3) is 0.667. The van der Waals surface area contributed by atoms with Crippen molar-refractivity contribution in [3.63, 3.8) is 0 Å². The van der Waals surface area contributed by atoms with Crippen molar-refractivity contribution >= 4 is 29.8 Å². The van der Waals surface area contributed by atoms with E-state index in [1.807, 2.05) is 0 Å². The molecule has 0 saturated carbocycles. The number of unbranched alkanes of at least 4 members (excludes halogenated alkanes) is 2. The van der Waals surface area contributed by atoms with Crippen LogP contribution in [-0.2, 0) is 47.7 Å². The van der Waals surface area contributed by atoms with Gasteiger partial charge >= 0.3 is 29.8 Å². The second kappa shape index (κ2) is 15.9. The lowest BCUT2D eigenvalue weighted by atomic mass is 10.2. The van der Waals surface area contributed by atoms with Gasteiger partial charge in [0, 0.05) is 12.0 Å². The Kier molecular flexibility index (Phi) is 14.4. The van der Waals surface area contributed by atoms with E-state index in [2.05, 4.69) is 6.58 Å². The molecule has 0 fully saturated rings. The van der Waals surface area contributed by atoms with Gasteiger partial charge in [-0.3, -0.25) is 9.59 Å². The van der Waals surface area contributed by atoms with E-state index in [9.17, 15) is 24.0 Å². The molecule has 0 aliphatic heterocycles. The van der Waals surface area contributed by atoms with Gasteiger partial charge in [0.15, 0.2) is 12.7 Å². The maximum absolute atomic E-state index is 11.7. The van der Waals surface area contributed by atoms with Gasteiger partial charge in [-0.15, -0.1) is 0 Å². The van der Waals surface area contributed by atoms with Gasteiger partial charge in [0.25, 0.3) is 0 Å². The molecule has 176 valence electrons. The predicted molar refractivity (Wildman–Crippen MR) is 108 cm³/mol. The first kappa shape index (κ1) is 28.1. The topological polar surface area (TPSA) is 132 Å². The third-order valence-electron chi connectivity index (χ3n) is 3.64. The molecular weight excluding hydrogens is 412 g/mol. The third-order valence-corrected chi connectivity index (χ3v) is 3.64. The number of hydrogen-bond acceptors (Lipinski definition) is 10. The second-order valence-electron chi connectivity index (χ2n) is 7.01. The molecule has 0 saturated heterocycles. The highest BCUT2D eigenvalue weighted by molar-refractivity contribution is 5.87. The van der Waals surface area contributed by atoms with E-state index < -0.39 is 36.6 Å². The van der Waals surface area contributed by atoms with Crippen LogP contribution in [0.4, 0.5) is 0 Å². The van der Waals surface area contributed by atoms with Gasteiger partial charge in [-0.1, -0.05) is 20.4 Å². The van der Waals surface area contributed by atoms with Crippen LogP contribution in [0.25, 0.3) is 0 Å². The lowest BCUT2D eigenvalue weighted by molar-refractivity contribution is -0.172. The average molecular weight is 444 g/mol. The number of carbonyl (C=O) groups excluding carboxylic acids is 5. The molecule has 0 amide bonds. The summed E-state index contributed by atoms with van der Waals surface area (Å²) in [6.07, 6.45) is 0.698. The Morgan fingerprint density at radius 3 is 1.97 bits per heavy atom. The molecule has 0 spiro atoms. The number of carbonyl (C=O) groups is 5. The minimum Gasteiger partial charge on any atom is -0.465 e. The fourth-order valence-corrected chi connectivity index (χ4v) is 1.90. The predicted octanol–water partition coefficient (Wildman–Crippen LogP) is 1.88. The Labute approximate surface area is 182 Å². The smallest absolute Gasteiger partial charge is 0.347 e. The number of hydrogen-bond donors (Lipinski definition) is 0. The highest BCUT2D eigenvalue weighted by Crippen LogP contribution is 2.04. The summed E-state index contributed by atoms with van der Waals surface area (Å²) in [5.41, 5.74) is 0.218. The van der Waals surface area contributed by atoms with Gasteiger partial charge in [0.05, 0.1) is 12.5 Å². The summed E-state index contributed by atoms with van der Waals surface area (Å²) in [6, 6.07) is 0. The molecule has 0 aromatic rings. The van der Waals surface area contributed by atoms with E-state index in [0.29, 0.717) is 25.9 Å². The van der Waals surface area contributed by atoms with Gasteiger partial charge in [-0.2, -0.15) is 0 Å². The molecule has 1 atom stereocenters. The van der Waals surface area contributed by atoms with Gasteiger partial charge in [0.1, 0.15) is 13.2 Å². The third kappa shape index (κ3) is 14.7. The van der Waals surface area contributed by atoms with E-state index in [4.69, 9.17) is 23.7 Å². The van der Waals surface area contributed by atoms with Crippen molar-refractivity contribution in [2.24, 2.45) is 5.92 Å². The summed E-state index contributed by atoms with van der Waals surface area (Å²) in [4.78, 5) is 57.4. The number of rotatable bonds is 15. The summed E-state index contributed by atoms with van der Waals surface area (Å²) >= 11 is 0. The quantitative estimate of drug-likeness (QED) is 0.160. The van der Waals surface area contributed by atoms with E-state index in [1.54, 1.807) is 13.8 Å². The highest BCUT2D eigenvalue weighted by atomic mass is 16.6. The van der Waals surface area contributed by atoms with E-state index >= 15 is 0 Å². The summed E-state index contributed by atoms with van der Waals surface area (Å²) < 4.78 is 24.2. The van der Waals surface area contributed by atoms with Crippen LogP contribution >= 0.6 is 0 Å². The van der Waals surface area contributed by atoms with Crippen LogP contribution in [0.15, 0.2) is 12.2 Å². The van der Waals surface area contributed by atoms with E-state index in [1.165, 1.54) is 13.8 Å². The summed E-state index contributed by atoms with van der Waals surface area (Å²) in [5, 5.41) is 0. The molecule has 0 heterocycles. The van der Waals surface area contributed by atoms with Crippen molar-refractivity contribution in [1.82, 2.24) is 0 Å². The van der Waals surface area contributed by atoms with Gasteiger partial charge in [0.2, 0.25) is 0 Å². The Bertz CT molecular complexity index is 638. The molecule has 31 heavy (non-hydrogen) atoms. The van der Waals surface area contributed by atoms with Crippen molar-refractivity contribution in [2.45, 2.75) is 59.5 Å². The van der Waals surface area contributed by atoms with Gasteiger partial charge in [-0.25, -0.2) is 14.4 Å². The van der Waals surface area contributed by atoms with Gasteiger partial charge in [-0.05, 0) is 33.1 Å². The molecule has 0 bridgehead atoms. The Balaban J connectivity index is 3.84. The number of esters is 5. The second-order valence-corrected chi connectivity index (χ2v) is 7.01. The van der Waals surface area contributed by atoms with Crippen molar-refractivity contribution in [3.8, 4) is 0 Å². The van der Waals surface area contributed by atoms with Gasteiger partial charge < -0.3 is 23.7 Å². The van der Waals surface area contributed by atoms with Crippen LogP contribution in [-0.4, -0.2) is 62.4 Å². The van der Waals surface area contributed by atoms with Crippen molar-refractivity contribution in [1.29, 1.82) is 0 Å².